The van der Waals surface area contributed by atoms with E-state index in [0.29, 0.717) is 5.69 Å². The maximum Gasteiger partial charge on any atom is 0.326 e. The summed E-state index contributed by atoms with van der Waals surface area (Å²) in [5.74, 6) is -2.72. The van der Waals surface area contributed by atoms with Gasteiger partial charge in [0.1, 0.15) is 6.04 Å². The zero-order chi connectivity index (χ0) is 15.3. The maximum atomic E-state index is 11.6. The first-order chi connectivity index (χ1) is 9.27. The number of aryl methyl sites for hydroxylation is 1. The highest BCUT2D eigenvalue weighted by Gasteiger charge is 2.22. The third-order valence-corrected chi connectivity index (χ3v) is 2.74. The Morgan fingerprint density at radius 3 is 2.40 bits per heavy atom. The lowest BCUT2D eigenvalue weighted by Crippen LogP contribution is -2.44. The summed E-state index contributed by atoms with van der Waals surface area (Å²) < 4.78 is 0.758. The number of carboxylic acid groups (broad SMARTS) is 2. The second-order valence-corrected chi connectivity index (χ2v) is 5.02. The average molecular weight is 345 g/mol. The van der Waals surface area contributed by atoms with E-state index >= 15 is 0 Å². The molecule has 108 valence electrons. The van der Waals surface area contributed by atoms with Gasteiger partial charge in [-0.25, -0.2) is 9.59 Å². The minimum absolute atomic E-state index is 0.467. The zero-order valence-electron chi connectivity index (χ0n) is 10.5. The van der Waals surface area contributed by atoms with Crippen LogP contribution in [0.4, 0.5) is 10.5 Å². The van der Waals surface area contributed by atoms with Crippen LogP contribution in [-0.2, 0) is 9.59 Å². The van der Waals surface area contributed by atoms with Crippen molar-refractivity contribution in [3.63, 3.8) is 0 Å². The van der Waals surface area contributed by atoms with Gasteiger partial charge in [0.25, 0.3) is 0 Å². The van der Waals surface area contributed by atoms with Gasteiger partial charge in [-0.05, 0) is 30.7 Å². The van der Waals surface area contributed by atoms with Crippen molar-refractivity contribution in [1.29, 1.82) is 0 Å². The normalized spacial score (nSPS) is 11.5. The van der Waals surface area contributed by atoms with Gasteiger partial charge in [0, 0.05) is 10.2 Å². The standard InChI is InChI=1S/C12H13BrN2O5/c1-6-2-7(13)4-8(3-6)14-12(20)15-9(11(18)19)5-10(16)17/h2-4,9H,5H2,1H3,(H,16,17)(H,18,19)(H2,14,15,20)/t9-/m0/s1. The molecular formula is C12H13BrN2O5. The van der Waals surface area contributed by atoms with E-state index in [1.807, 2.05) is 13.0 Å². The topological polar surface area (TPSA) is 116 Å². The molecule has 7 nitrogen and oxygen atoms in total. The van der Waals surface area contributed by atoms with Crippen molar-refractivity contribution in [3.05, 3.63) is 28.2 Å². The molecular weight excluding hydrogens is 332 g/mol. The molecule has 8 heteroatoms. The maximum absolute atomic E-state index is 11.6. The lowest BCUT2D eigenvalue weighted by Gasteiger charge is -2.13. The molecule has 0 aliphatic rings. The van der Waals surface area contributed by atoms with Gasteiger partial charge in [0.05, 0.1) is 6.42 Å². The number of halogens is 1. The van der Waals surface area contributed by atoms with Crippen molar-refractivity contribution in [2.75, 3.05) is 5.32 Å². The predicted molar refractivity (Wildman–Crippen MR) is 74.7 cm³/mol. The van der Waals surface area contributed by atoms with Crippen molar-refractivity contribution in [2.45, 2.75) is 19.4 Å². The fourth-order valence-electron chi connectivity index (χ4n) is 1.51. The van der Waals surface area contributed by atoms with E-state index in [9.17, 15) is 14.4 Å². The molecule has 0 aliphatic carbocycles. The van der Waals surface area contributed by atoms with Crippen LogP contribution in [0.1, 0.15) is 12.0 Å². The first kappa shape index (κ1) is 16.0. The number of benzene rings is 1. The van der Waals surface area contributed by atoms with Gasteiger partial charge in [-0.1, -0.05) is 15.9 Å². The number of amides is 2. The summed E-state index contributed by atoms with van der Waals surface area (Å²) in [6.45, 7) is 1.83. The molecule has 0 unspecified atom stereocenters. The van der Waals surface area contributed by atoms with Crippen LogP contribution in [0.2, 0.25) is 0 Å². The monoisotopic (exact) mass is 344 g/mol. The number of hydrogen-bond acceptors (Lipinski definition) is 3. The molecule has 0 bridgehead atoms. The number of rotatable bonds is 5. The van der Waals surface area contributed by atoms with Gasteiger partial charge in [-0.2, -0.15) is 0 Å². The number of carboxylic acids is 2. The number of anilines is 1. The predicted octanol–water partition coefficient (Wildman–Crippen LogP) is 1.81. The average Bonchev–Trinajstić information content (AvgIpc) is 2.25. The lowest BCUT2D eigenvalue weighted by atomic mass is 10.2. The van der Waals surface area contributed by atoms with E-state index in [2.05, 4.69) is 26.6 Å². The van der Waals surface area contributed by atoms with Crippen LogP contribution in [0.25, 0.3) is 0 Å². The van der Waals surface area contributed by atoms with Gasteiger partial charge in [-0.15, -0.1) is 0 Å². The fraction of sp³-hybridized carbons (Fsp3) is 0.250. The molecule has 1 aromatic rings. The van der Waals surface area contributed by atoms with Crippen LogP contribution in [-0.4, -0.2) is 34.2 Å². The molecule has 4 N–H and O–H groups in total. The second kappa shape index (κ2) is 6.90. The number of carbonyl (C=O) groups is 3. The molecule has 20 heavy (non-hydrogen) atoms. The van der Waals surface area contributed by atoms with Crippen molar-refractivity contribution >= 4 is 39.6 Å². The van der Waals surface area contributed by atoms with Gasteiger partial charge in [0.2, 0.25) is 0 Å². The van der Waals surface area contributed by atoms with Crippen molar-refractivity contribution < 1.29 is 24.6 Å². The molecule has 0 aromatic heterocycles. The lowest BCUT2D eigenvalue weighted by molar-refractivity contribution is -0.145. The van der Waals surface area contributed by atoms with Crippen LogP contribution in [0.15, 0.2) is 22.7 Å². The third-order valence-electron chi connectivity index (χ3n) is 2.28. The first-order valence-electron chi connectivity index (χ1n) is 5.57. The Balaban J connectivity index is 2.70. The summed E-state index contributed by atoms with van der Waals surface area (Å²) in [5, 5.41) is 21.9. The van der Waals surface area contributed by atoms with Gasteiger partial charge in [-0.3, -0.25) is 4.79 Å². The molecule has 0 spiro atoms. The smallest absolute Gasteiger partial charge is 0.326 e. The molecule has 1 atom stereocenters. The van der Waals surface area contributed by atoms with Crippen molar-refractivity contribution in [1.82, 2.24) is 5.32 Å². The van der Waals surface area contributed by atoms with Crippen molar-refractivity contribution in [2.24, 2.45) is 0 Å². The van der Waals surface area contributed by atoms with E-state index < -0.39 is 30.4 Å². The molecule has 1 rings (SSSR count). The minimum atomic E-state index is -1.49. The van der Waals surface area contributed by atoms with E-state index in [4.69, 9.17) is 10.2 Å². The summed E-state index contributed by atoms with van der Waals surface area (Å²) in [5.41, 5.74) is 1.36. The SMILES string of the molecule is Cc1cc(Br)cc(NC(=O)N[C@@H](CC(=O)O)C(=O)O)c1. The molecule has 0 aliphatic heterocycles. The second-order valence-electron chi connectivity index (χ2n) is 4.10. The van der Waals surface area contributed by atoms with Crippen LogP contribution in [0.3, 0.4) is 0 Å². The largest absolute Gasteiger partial charge is 0.481 e. The number of carbonyl (C=O) groups excluding carboxylic acids is 1. The van der Waals surface area contributed by atoms with Crippen LogP contribution in [0, 0.1) is 6.92 Å². The minimum Gasteiger partial charge on any atom is -0.481 e. The fourth-order valence-corrected chi connectivity index (χ4v) is 2.12. The molecule has 0 fully saturated rings. The Bertz CT molecular complexity index is 526. The number of hydrogen-bond donors (Lipinski definition) is 4. The highest BCUT2D eigenvalue weighted by atomic mass is 79.9. The van der Waals surface area contributed by atoms with E-state index in [0.717, 1.165) is 10.0 Å². The quantitative estimate of drug-likeness (QED) is 0.650. The molecule has 0 saturated heterocycles. The summed E-state index contributed by atoms with van der Waals surface area (Å²) in [4.78, 5) is 33.0. The Labute approximate surface area is 123 Å². The summed E-state index contributed by atoms with van der Waals surface area (Å²) in [7, 11) is 0. The summed E-state index contributed by atoms with van der Waals surface area (Å²) in [6, 6.07) is 2.90. The van der Waals surface area contributed by atoms with E-state index in [-0.39, 0.29) is 0 Å². The Kier molecular flexibility index (Phi) is 5.51. The highest BCUT2D eigenvalue weighted by molar-refractivity contribution is 9.10. The van der Waals surface area contributed by atoms with Crippen LogP contribution >= 0.6 is 15.9 Å². The Hall–Kier alpha value is -2.09. The number of aliphatic carboxylic acids is 2. The molecule has 0 saturated carbocycles. The molecule has 0 heterocycles. The van der Waals surface area contributed by atoms with Gasteiger partial charge < -0.3 is 20.8 Å². The highest BCUT2D eigenvalue weighted by Crippen LogP contribution is 2.18. The number of urea groups is 1. The Morgan fingerprint density at radius 2 is 1.90 bits per heavy atom. The third kappa shape index (κ3) is 5.27. The summed E-state index contributed by atoms with van der Waals surface area (Å²) in [6.07, 6.45) is -0.694. The molecule has 1 aromatic carbocycles. The molecule has 2 amide bonds. The molecule has 0 radical (unpaired) electrons. The van der Waals surface area contributed by atoms with Crippen LogP contribution in [0.5, 0.6) is 0 Å². The Morgan fingerprint density at radius 1 is 1.25 bits per heavy atom. The van der Waals surface area contributed by atoms with Crippen LogP contribution < -0.4 is 10.6 Å². The van der Waals surface area contributed by atoms with Crippen molar-refractivity contribution in [3.8, 4) is 0 Å². The summed E-state index contributed by atoms with van der Waals surface area (Å²) >= 11 is 3.27. The zero-order valence-corrected chi connectivity index (χ0v) is 12.1. The first-order valence-corrected chi connectivity index (χ1v) is 6.36. The van der Waals surface area contributed by atoms with E-state index in [1.54, 1.807) is 12.1 Å². The van der Waals surface area contributed by atoms with Gasteiger partial charge >= 0.3 is 18.0 Å². The number of nitrogens with one attached hydrogen (secondary N) is 2. The van der Waals surface area contributed by atoms with Gasteiger partial charge in [0.15, 0.2) is 0 Å². The van der Waals surface area contributed by atoms with E-state index in [1.165, 1.54) is 0 Å².